The van der Waals surface area contributed by atoms with Crippen molar-refractivity contribution in [2.24, 2.45) is 5.73 Å². The van der Waals surface area contributed by atoms with Crippen LogP contribution in [0.25, 0.3) is 0 Å². The lowest BCUT2D eigenvalue weighted by atomic mass is 9.88. The molecule has 2 amide bonds. The predicted octanol–water partition coefficient (Wildman–Crippen LogP) is 0.228. The maximum atomic E-state index is 11.6. The third-order valence-electron chi connectivity index (χ3n) is 3.66. The van der Waals surface area contributed by atoms with Gasteiger partial charge in [0, 0.05) is 18.5 Å². The molecule has 0 spiro atoms. The maximum Gasteiger partial charge on any atom is 0.270 e. The van der Waals surface area contributed by atoms with Crippen LogP contribution in [0.3, 0.4) is 0 Å². The minimum absolute atomic E-state index is 0.0197. The van der Waals surface area contributed by atoms with Gasteiger partial charge in [0.15, 0.2) is 0 Å². The molecule has 0 aromatic heterocycles. The largest absolute Gasteiger partial charge is 0.369 e. The first-order valence-corrected chi connectivity index (χ1v) is 7.26. The lowest BCUT2D eigenvalue weighted by Gasteiger charge is -2.36. The molecule has 120 valence electrons. The minimum atomic E-state index is -0.593. The van der Waals surface area contributed by atoms with Gasteiger partial charge >= 0.3 is 0 Å². The maximum absolute atomic E-state index is 11.6. The Labute approximate surface area is 124 Å². The van der Waals surface area contributed by atoms with E-state index < -0.39 is 24.1 Å². The van der Waals surface area contributed by atoms with E-state index >= 15 is 0 Å². The van der Waals surface area contributed by atoms with Gasteiger partial charge in [0.2, 0.25) is 5.91 Å². The summed E-state index contributed by atoms with van der Waals surface area (Å²) in [5.74, 6) is -0.790. The molecule has 0 aromatic rings. The SMILES string of the molecule is CCC(CC)O[C@@H]1C=C(C(=O)NO)C[C@H](N)[C@H]1NC(C)=O. The average molecular weight is 299 g/mol. The fraction of sp³-hybridized carbons (Fsp3) is 0.714. The van der Waals surface area contributed by atoms with Crippen molar-refractivity contribution in [1.29, 1.82) is 0 Å². The molecule has 0 saturated carbocycles. The topological polar surface area (TPSA) is 114 Å². The summed E-state index contributed by atoms with van der Waals surface area (Å²) in [6, 6.07) is -0.844. The molecule has 1 aliphatic carbocycles. The van der Waals surface area contributed by atoms with Gasteiger partial charge in [-0.25, -0.2) is 5.48 Å². The Hall–Kier alpha value is -1.44. The quantitative estimate of drug-likeness (QED) is 0.414. The minimum Gasteiger partial charge on any atom is -0.369 e. The highest BCUT2D eigenvalue weighted by Crippen LogP contribution is 2.23. The van der Waals surface area contributed by atoms with Crippen LogP contribution >= 0.6 is 0 Å². The summed E-state index contributed by atoms with van der Waals surface area (Å²) >= 11 is 0. The van der Waals surface area contributed by atoms with Gasteiger partial charge < -0.3 is 15.8 Å². The Balaban J connectivity index is 2.99. The number of hydrogen-bond acceptors (Lipinski definition) is 5. The van der Waals surface area contributed by atoms with Crippen LogP contribution in [-0.2, 0) is 14.3 Å². The lowest BCUT2D eigenvalue weighted by molar-refractivity contribution is -0.126. The van der Waals surface area contributed by atoms with Crippen molar-refractivity contribution in [1.82, 2.24) is 10.8 Å². The van der Waals surface area contributed by atoms with Gasteiger partial charge in [-0.3, -0.25) is 14.8 Å². The molecule has 0 unspecified atom stereocenters. The Bertz CT molecular complexity index is 407. The summed E-state index contributed by atoms with van der Waals surface area (Å²) in [4.78, 5) is 22.9. The van der Waals surface area contributed by atoms with E-state index in [0.29, 0.717) is 5.57 Å². The van der Waals surface area contributed by atoms with Crippen LogP contribution in [0.4, 0.5) is 0 Å². The Morgan fingerprint density at radius 1 is 1.48 bits per heavy atom. The average Bonchev–Trinajstić information content (AvgIpc) is 2.46. The molecule has 1 aliphatic rings. The van der Waals surface area contributed by atoms with Crippen LogP contribution in [0.5, 0.6) is 0 Å². The van der Waals surface area contributed by atoms with E-state index in [1.165, 1.54) is 6.92 Å². The molecule has 0 fully saturated rings. The number of hydrogen-bond donors (Lipinski definition) is 4. The Morgan fingerprint density at radius 2 is 2.10 bits per heavy atom. The lowest BCUT2D eigenvalue weighted by Crippen LogP contribution is -2.57. The monoisotopic (exact) mass is 299 g/mol. The van der Waals surface area contributed by atoms with E-state index in [4.69, 9.17) is 15.7 Å². The normalized spacial score (nSPS) is 25.4. The Kier molecular flexibility index (Phi) is 6.80. The number of nitrogens with one attached hydrogen (secondary N) is 2. The smallest absolute Gasteiger partial charge is 0.270 e. The first kappa shape index (κ1) is 17.6. The van der Waals surface area contributed by atoms with Crippen molar-refractivity contribution in [2.75, 3.05) is 0 Å². The molecule has 7 heteroatoms. The molecule has 0 heterocycles. The highest BCUT2D eigenvalue weighted by molar-refractivity contribution is 5.93. The standard InChI is InChI=1S/C14H25N3O4/c1-4-10(5-2)21-12-7-9(14(19)17-20)6-11(15)13(12)16-8(3)18/h7,10-13,20H,4-6,15H2,1-3H3,(H,16,18)(H,17,19)/t11-,12+,13+/m0/s1. The van der Waals surface area contributed by atoms with Gasteiger partial charge in [-0.1, -0.05) is 13.8 Å². The summed E-state index contributed by atoms with van der Waals surface area (Å²) in [7, 11) is 0. The second kappa shape index (κ2) is 8.11. The van der Waals surface area contributed by atoms with E-state index in [1.807, 2.05) is 13.8 Å². The van der Waals surface area contributed by atoms with Crippen LogP contribution in [0.15, 0.2) is 11.6 Å². The highest BCUT2D eigenvalue weighted by Gasteiger charge is 2.35. The predicted molar refractivity (Wildman–Crippen MR) is 77.5 cm³/mol. The second-order valence-corrected chi connectivity index (χ2v) is 5.27. The van der Waals surface area contributed by atoms with Gasteiger partial charge in [0.05, 0.1) is 18.2 Å². The van der Waals surface area contributed by atoms with Gasteiger partial charge in [-0.05, 0) is 25.3 Å². The molecule has 21 heavy (non-hydrogen) atoms. The van der Waals surface area contributed by atoms with Crippen molar-refractivity contribution in [2.45, 2.75) is 64.3 Å². The molecule has 0 aliphatic heterocycles. The third-order valence-corrected chi connectivity index (χ3v) is 3.66. The summed E-state index contributed by atoms with van der Waals surface area (Å²) in [6.07, 6.45) is 3.07. The van der Waals surface area contributed by atoms with Crippen LogP contribution in [0.1, 0.15) is 40.0 Å². The van der Waals surface area contributed by atoms with E-state index in [-0.39, 0.29) is 18.4 Å². The van der Waals surface area contributed by atoms with Crippen LogP contribution < -0.4 is 16.5 Å². The van der Waals surface area contributed by atoms with Gasteiger partial charge in [0.25, 0.3) is 5.91 Å². The van der Waals surface area contributed by atoms with Gasteiger partial charge in [0.1, 0.15) is 0 Å². The zero-order chi connectivity index (χ0) is 16.0. The highest BCUT2D eigenvalue weighted by atomic mass is 16.5. The van der Waals surface area contributed by atoms with Crippen molar-refractivity contribution in [3.63, 3.8) is 0 Å². The summed E-state index contributed by atoms with van der Waals surface area (Å²) in [5.41, 5.74) is 8.03. The van der Waals surface area contributed by atoms with Crippen molar-refractivity contribution >= 4 is 11.8 Å². The summed E-state index contributed by atoms with van der Waals surface area (Å²) < 4.78 is 5.97. The zero-order valence-corrected chi connectivity index (χ0v) is 12.8. The number of carbonyl (C=O) groups excluding carboxylic acids is 2. The van der Waals surface area contributed by atoms with Crippen LogP contribution in [-0.4, -0.2) is 41.3 Å². The van der Waals surface area contributed by atoms with E-state index in [9.17, 15) is 9.59 Å². The summed E-state index contributed by atoms with van der Waals surface area (Å²) in [6.45, 7) is 5.44. The molecular weight excluding hydrogens is 274 g/mol. The Morgan fingerprint density at radius 3 is 2.57 bits per heavy atom. The number of nitrogens with two attached hydrogens (primary N) is 1. The van der Waals surface area contributed by atoms with E-state index in [2.05, 4.69) is 5.32 Å². The molecule has 0 bridgehead atoms. The van der Waals surface area contributed by atoms with Gasteiger partial charge in [-0.15, -0.1) is 0 Å². The molecule has 0 radical (unpaired) electrons. The zero-order valence-electron chi connectivity index (χ0n) is 12.8. The first-order valence-electron chi connectivity index (χ1n) is 7.26. The van der Waals surface area contributed by atoms with Crippen molar-refractivity contribution < 1.29 is 19.5 Å². The number of hydroxylamine groups is 1. The first-order chi connectivity index (χ1) is 9.92. The molecule has 0 aromatic carbocycles. The second-order valence-electron chi connectivity index (χ2n) is 5.27. The number of amides is 2. The van der Waals surface area contributed by atoms with Crippen molar-refractivity contribution in [3.05, 3.63) is 11.6 Å². The molecule has 0 saturated heterocycles. The van der Waals surface area contributed by atoms with Crippen LogP contribution in [0, 0.1) is 0 Å². The number of carbonyl (C=O) groups is 2. The van der Waals surface area contributed by atoms with Crippen molar-refractivity contribution in [3.8, 4) is 0 Å². The number of ether oxygens (including phenoxy) is 1. The fourth-order valence-corrected chi connectivity index (χ4v) is 2.49. The summed E-state index contributed by atoms with van der Waals surface area (Å²) in [5, 5.41) is 11.5. The van der Waals surface area contributed by atoms with E-state index in [0.717, 1.165) is 12.8 Å². The van der Waals surface area contributed by atoms with E-state index in [1.54, 1.807) is 11.6 Å². The van der Waals surface area contributed by atoms with Gasteiger partial charge in [-0.2, -0.15) is 0 Å². The molecule has 3 atom stereocenters. The number of rotatable bonds is 6. The third kappa shape index (κ3) is 4.80. The molecule has 7 nitrogen and oxygen atoms in total. The van der Waals surface area contributed by atoms with Crippen LogP contribution in [0.2, 0.25) is 0 Å². The molecular formula is C14H25N3O4. The fourth-order valence-electron chi connectivity index (χ4n) is 2.49. The molecule has 1 rings (SSSR count). The molecule has 5 N–H and O–H groups in total.